The minimum atomic E-state index is -0.785. The van der Waals surface area contributed by atoms with E-state index in [9.17, 15) is 13.9 Å². The number of aliphatic hydroxyl groups excluding tert-OH is 1. The number of hydrogen-bond donors (Lipinski definition) is 1. The third-order valence-corrected chi connectivity index (χ3v) is 2.51. The van der Waals surface area contributed by atoms with Crippen molar-refractivity contribution < 1.29 is 13.9 Å². The molecule has 0 saturated carbocycles. The van der Waals surface area contributed by atoms with Gasteiger partial charge in [-0.2, -0.15) is 11.8 Å². The topological polar surface area (TPSA) is 20.2 Å². The van der Waals surface area contributed by atoms with Crippen molar-refractivity contribution in [2.24, 2.45) is 0 Å². The van der Waals surface area contributed by atoms with E-state index in [1.807, 2.05) is 6.26 Å². The first kappa shape index (κ1) is 11.5. The maximum Gasteiger partial charge on any atom is 0.126 e. The number of hydrogen-bond acceptors (Lipinski definition) is 2. The van der Waals surface area contributed by atoms with E-state index in [1.54, 1.807) is 11.8 Å². The van der Waals surface area contributed by atoms with Gasteiger partial charge in [-0.15, -0.1) is 0 Å². The molecule has 4 heteroatoms. The van der Waals surface area contributed by atoms with Crippen LogP contribution >= 0.6 is 11.8 Å². The van der Waals surface area contributed by atoms with E-state index in [2.05, 4.69) is 0 Å². The summed E-state index contributed by atoms with van der Waals surface area (Å²) in [6, 6.07) is 3.12. The van der Waals surface area contributed by atoms with Gasteiger partial charge in [0.25, 0.3) is 0 Å². The molecule has 78 valence electrons. The molecule has 1 nitrogen and oxygen atoms in total. The molecule has 0 fully saturated rings. The molecule has 0 heterocycles. The maximum absolute atomic E-state index is 12.8. The third kappa shape index (κ3) is 3.27. The lowest BCUT2D eigenvalue weighted by molar-refractivity contribution is 0.174. The molecule has 1 unspecified atom stereocenters. The van der Waals surface area contributed by atoms with Crippen LogP contribution in [0.25, 0.3) is 0 Å². The third-order valence-electron chi connectivity index (χ3n) is 1.87. The molecule has 14 heavy (non-hydrogen) atoms. The van der Waals surface area contributed by atoms with Crippen molar-refractivity contribution in [1.82, 2.24) is 0 Å². The number of aliphatic hydroxyl groups is 1. The smallest absolute Gasteiger partial charge is 0.126 e. The number of rotatable bonds is 4. The van der Waals surface area contributed by atoms with Crippen LogP contribution in [0.4, 0.5) is 8.78 Å². The Labute approximate surface area is 86.1 Å². The second-order valence-electron chi connectivity index (χ2n) is 3.00. The highest BCUT2D eigenvalue weighted by atomic mass is 32.2. The summed E-state index contributed by atoms with van der Waals surface area (Å²) < 4.78 is 25.5. The molecule has 0 saturated heterocycles. The summed E-state index contributed by atoms with van der Waals surface area (Å²) >= 11 is 1.59. The fourth-order valence-electron chi connectivity index (χ4n) is 1.16. The van der Waals surface area contributed by atoms with Crippen LogP contribution in [-0.4, -0.2) is 17.1 Å². The van der Waals surface area contributed by atoms with Gasteiger partial charge >= 0.3 is 0 Å². The summed E-state index contributed by atoms with van der Waals surface area (Å²) in [6.45, 7) is 0. The van der Waals surface area contributed by atoms with E-state index in [4.69, 9.17) is 0 Å². The zero-order valence-corrected chi connectivity index (χ0v) is 8.65. The monoisotopic (exact) mass is 218 g/mol. The van der Waals surface area contributed by atoms with Gasteiger partial charge in [-0.25, -0.2) is 8.78 Å². The van der Waals surface area contributed by atoms with Gasteiger partial charge in [0.15, 0.2) is 0 Å². The maximum atomic E-state index is 12.8. The van der Waals surface area contributed by atoms with Crippen LogP contribution in [0.1, 0.15) is 18.1 Å². The molecule has 0 amide bonds. The number of thioether (sulfide) groups is 1. The standard InChI is InChI=1S/C10H12F2OS/c1-14-3-2-10(13)7-4-8(11)6-9(12)5-7/h4-6,10,13H,2-3H2,1H3. The molecule has 0 aliphatic carbocycles. The van der Waals surface area contributed by atoms with Gasteiger partial charge in [0.05, 0.1) is 6.10 Å². The molecular weight excluding hydrogens is 206 g/mol. The van der Waals surface area contributed by atoms with Crippen LogP contribution in [0.2, 0.25) is 0 Å². The minimum Gasteiger partial charge on any atom is -0.388 e. The Morgan fingerprint density at radius 3 is 2.36 bits per heavy atom. The molecule has 0 radical (unpaired) electrons. The van der Waals surface area contributed by atoms with Crippen molar-refractivity contribution in [3.05, 3.63) is 35.4 Å². The normalized spacial score (nSPS) is 12.9. The van der Waals surface area contributed by atoms with E-state index in [-0.39, 0.29) is 0 Å². The molecule has 0 aromatic heterocycles. The van der Waals surface area contributed by atoms with E-state index < -0.39 is 17.7 Å². The average molecular weight is 218 g/mol. The van der Waals surface area contributed by atoms with Gasteiger partial charge in [0, 0.05) is 6.07 Å². The molecule has 0 spiro atoms. The Balaban J connectivity index is 2.73. The lowest BCUT2D eigenvalue weighted by Gasteiger charge is -2.10. The second-order valence-corrected chi connectivity index (χ2v) is 3.99. The van der Waals surface area contributed by atoms with Gasteiger partial charge in [0.1, 0.15) is 11.6 Å². The predicted molar refractivity (Wildman–Crippen MR) is 54.3 cm³/mol. The van der Waals surface area contributed by atoms with Gasteiger partial charge < -0.3 is 5.11 Å². The SMILES string of the molecule is CSCCC(O)c1cc(F)cc(F)c1. The highest BCUT2D eigenvalue weighted by Crippen LogP contribution is 2.20. The van der Waals surface area contributed by atoms with Crippen molar-refractivity contribution >= 4 is 11.8 Å². The van der Waals surface area contributed by atoms with Gasteiger partial charge in [-0.3, -0.25) is 0 Å². The molecule has 1 aromatic carbocycles. The van der Waals surface area contributed by atoms with Crippen LogP contribution < -0.4 is 0 Å². The van der Waals surface area contributed by atoms with E-state index >= 15 is 0 Å². The van der Waals surface area contributed by atoms with Crippen LogP contribution in [0, 0.1) is 11.6 Å². The molecule has 0 aliphatic rings. The van der Waals surface area contributed by atoms with Crippen molar-refractivity contribution in [3.8, 4) is 0 Å². The molecular formula is C10H12F2OS. The average Bonchev–Trinajstić information content (AvgIpc) is 2.12. The van der Waals surface area contributed by atoms with Gasteiger partial charge in [0.2, 0.25) is 0 Å². The summed E-state index contributed by atoms with van der Waals surface area (Å²) in [5, 5.41) is 9.55. The Hall–Kier alpha value is -0.610. The van der Waals surface area contributed by atoms with Crippen molar-refractivity contribution in [2.75, 3.05) is 12.0 Å². The number of halogens is 2. The fraction of sp³-hybridized carbons (Fsp3) is 0.400. The Morgan fingerprint density at radius 2 is 1.86 bits per heavy atom. The van der Waals surface area contributed by atoms with Gasteiger partial charge in [-0.05, 0) is 36.1 Å². The van der Waals surface area contributed by atoms with E-state index in [0.29, 0.717) is 12.0 Å². The van der Waals surface area contributed by atoms with Crippen molar-refractivity contribution in [3.63, 3.8) is 0 Å². The first-order valence-electron chi connectivity index (χ1n) is 4.26. The van der Waals surface area contributed by atoms with Crippen LogP contribution in [-0.2, 0) is 0 Å². The molecule has 1 atom stereocenters. The first-order chi connectivity index (χ1) is 6.63. The molecule has 1 aromatic rings. The summed E-state index contributed by atoms with van der Waals surface area (Å²) in [5.74, 6) is -0.536. The minimum absolute atomic E-state index is 0.302. The zero-order valence-electron chi connectivity index (χ0n) is 7.84. The molecule has 0 bridgehead atoms. The molecule has 1 rings (SSSR count). The van der Waals surface area contributed by atoms with E-state index in [1.165, 1.54) is 0 Å². The van der Waals surface area contributed by atoms with E-state index in [0.717, 1.165) is 24.0 Å². The predicted octanol–water partition coefficient (Wildman–Crippen LogP) is 2.75. The number of benzene rings is 1. The Morgan fingerprint density at radius 1 is 1.29 bits per heavy atom. The van der Waals surface area contributed by atoms with Gasteiger partial charge in [-0.1, -0.05) is 0 Å². The Bertz CT molecular complexity index is 284. The van der Waals surface area contributed by atoms with Crippen molar-refractivity contribution in [1.29, 1.82) is 0 Å². The van der Waals surface area contributed by atoms with Crippen LogP contribution in [0.15, 0.2) is 18.2 Å². The zero-order chi connectivity index (χ0) is 10.6. The summed E-state index contributed by atoms with van der Waals surface area (Å²) in [7, 11) is 0. The molecule has 0 aliphatic heterocycles. The summed E-state index contributed by atoms with van der Waals surface area (Å²) in [5.41, 5.74) is 0.302. The summed E-state index contributed by atoms with van der Waals surface area (Å²) in [6.07, 6.45) is 1.64. The largest absolute Gasteiger partial charge is 0.388 e. The van der Waals surface area contributed by atoms with Crippen LogP contribution in [0.5, 0.6) is 0 Å². The highest BCUT2D eigenvalue weighted by molar-refractivity contribution is 7.98. The highest BCUT2D eigenvalue weighted by Gasteiger charge is 2.09. The lowest BCUT2D eigenvalue weighted by Crippen LogP contribution is -2.00. The fourth-order valence-corrected chi connectivity index (χ4v) is 1.62. The Kier molecular flexibility index (Phi) is 4.35. The summed E-state index contributed by atoms with van der Waals surface area (Å²) in [4.78, 5) is 0. The second kappa shape index (κ2) is 5.32. The van der Waals surface area contributed by atoms with Crippen LogP contribution in [0.3, 0.4) is 0 Å². The lowest BCUT2D eigenvalue weighted by atomic mass is 10.1. The quantitative estimate of drug-likeness (QED) is 0.838. The first-order valence-corrected chi connectivity index (χ1v) is 5.66. The van der Waals surface area contributed by atoms with Crippen molar-refractivity contribution in [2.45, 2.75) is 12.5 Å². The molecule has 1 N–H and O–H groups in total.